The van der Waals surface area contributed by atoms with E-state index in [1.54, 1.807) is 12.4 Å². The van der Waals surface area contributed by atoms with Gasteiger partial charge in [-0.25, -0.2) is 0 Å². The smallest absolute Gasteiger partial charge is 0.228 e. The molecule has 0 aromatic carbocycles. The number of carbonyl (C=O) groups is 1. The second-order valence-electron chi connectivity index (χ2n) is 6.93. The summed E-state index contributed by atoms with van der Waals surface area (Å²) in [4.78, 5) is 25.6. The number of ether oxygens (including phenoxy) is 1. The van der Waals surface area contributed by atoms with Crippen LogP contribution in [0.1, 0.15) is 17.7 Å². The Morgan fingerprint density at radius 1 is 1.19 bits per heavy atom. The van der Waals surface area contributed by atoms with Crippen molar-refractivity contribution in [3.05, 3.63) is 60.2 Å². The van der Waals surface area contributed by atoms with Crippen LogP contribution in [-0.4, -0.2) is 64.1 Å². The van der Waals surface area contributed by atoms with Crippen LogP contribution in [0.5, 0.6) is 0 Å². The number of fused-ring (bicyclic) bond motifs is 1. The van der Waals surface area contributed by atoms with Crippen LogP contribution in [0.3, 0.4) is 0 Å². The molecular formula is C20H24N4O2. The van der Waals surface area contributed by atoms with Gasteiger partial charge in [-0.3, -0.25) is 19.7 Å². The Morgan fingerprint density at radius 3 is 2.96 bits per heavy atom. The highest BCUT2D eigenvalue weighted by Gasteiger charge is 2.38. The normalized spacial score (nSPS) is 23.5. The zero-order valence-electron chi connectivity index (χ0n) is 14.8. The summed E-state index contributed by atoms with van der Waals surface area (Å²) in [5, 5.41) is 0. The van der Waals surface area contributed by atoms with Gasteiger partial charge in [0.1, 0.15) is 0 Å². The first kappa shape index (κ1) is 17.1. The number of amides is 1. The molecule has 2 aliphatic heterocycles. The summed E-state index contributed by atoms with van der Waals surface area (Å²) < 4.78 is 5.99. The fourth-order valence-corrected chi connectivity index (χ4v) is 3.86. The molecular weight excluding hydrogens is 328 g/mol. The number of aromatic nitrogens is 2. The molecule has 26 heavy (non-hydrogen) atoms. The lowest BCUT2D eigenvalue weighted by Crippen LogP contribution is -2.60. The van der Waals surface area contributed by atoms with Crippen molar-refractivity contribution in [2.45, 2.75) is 31.5 Å². The number of nitrogens with zero attached hydrogens (tertiary/aromatic N) is 4. The molecule has 0 unspecified atom stereocenters. The van der Waals surface area contributed by atoms with E-state index in [4.69, 9.17) is 4.74 Å². The second kappa shape index (κ2) is 7.93. The molecule has 2 atom stereocenters. The van der Waals surface area contributed by atoms with Gasteiger partial charge in [0.05, 0.1) is 25.2 Å². The number of rotatable bonds is 4. The van der Waals surface area contributed by atoms with Crippen LogP contribution in [-0.2, 0) is 22.5 Å². The first-order valence-corrected chi connectivity index (χ1v) is 9.22. The number of likely N-dealkylation sites (tertiary alicyclic amines) is 1. The highest BCUT2D eigenvalue weighted by molar-refractivity contribution is 5.78. The summed E-state index contributed by atoms with van der Waals surface area (Å²) in [6.07, 6.45) is 6.91. The standard InChI is InChI=1S/C20H24N4O2/c25-20(12-17-5-1-2-8-22-17)24-9-6-19-18(15-24)23(10-11-26-19)14-16-4-3-7-21-13-16/h1-5,7-8,13,18-19H,6,9-12,14-15H2/t18-,19-/m1/s1. The first-order valence-electron chi connectivity index (χ1n) is 9.22. The van der Waals surface area contributed by atoms with E-state index >= 15 is 0 Å². The highest BCUT2D eigenvalue weighted by Crippen LogP contribution is 2.25. The van der Waals surface area contributed by atoms with Crippen molar-refractivity contribution in [1.29, 1.82) is 0 Å². The lowest BCUT2D eigenvalue weighted by atomic mass is 9.97. The molecule has 6 heteroatoms. The minimum Gasteiger partial charge on any atom is -0.375 e. The molecule has 0 saturated carbocycles. The predicted octanol–water partition coefficient (Wildman–Crippen LogP) is 1.52. The van der Waals surface area contributed by atoms with Gasteiger partial charge >= 0.3 is 0 Å². The van der Waals surface area contributed by atoms with Gasteiger partial charge in [0.2, 0.25) is 5.91 Å². The third-order valence-electron chi connectivity index (χ3n) is 5.22. The minimum absolute atomic E-state index is 0.147. The van der Waals surface area contributed by atoms with Gasteiger partial charge in [-0.2, -0.15) is 0 Å². The molecule has 2 fully saturated rings. The molecule has 4 heterocycles. The lowest BCUT2D eigenvalue weighted by Gasteiger charge is -2.47. The quantitative estimate of drug-likeness (QED) is 0.835. The van der Waals surface area contributed by atoms with Gasteiger partial charge in [0.25, 0.3) is 0 Å². The summed E-state index contributed by atoms with van der Waals surface area (Å²) in [6.45, 7) is 3.96. The lowest BCUT2D eigenvalue weighted by molar-refractivity contribution is -0.142. The zero-order valence-corrected chi connectivity index (χ0v) is 14.8. The Morgan fingerprint density at radius 2 is 2.15 bits per heavy atom. The van der Waals surface area contributed by atoms with Gasteiger partial charge in [0, 0.05) is 50.5 Å². The fraction of sp³-hybridized carbons (Fsp3) is 0.450. The van der Waals surface area contributed by atoms with Crippen molar-refractivity contribution >= 4 is 5.91 Å². The Kier molecular flexibility index (Phi) is 5.22. The van der Waals surface area contributed by atoms with Crippen LogP contribution in [0.25, 0.3) is 0 Å². The topological polar surface area (TPSA) is 58.6 Å². The molecule has 0 bridgehead atoms. The molecule has 6 nitrogen and oxygen atoms in total. The van der Waals surface area contributed by atoms with Gasteiger partial charge < -0.3 is 9.64 Å². The van der Waals surface area contributed by atoms with Crippen molar-refractivity contribution in [1.82, 2.24) is 19.8 Å². The van der Waals surface area contributed by atoms with Crippen molar-refractivity contribution in [2.75, 3.05) is 26.2 Å². The summed E-state index contributed by atoms with van der Waals surface area (Å²) in [7, 11) is 0. The van der Waals surface area contributed by atoms with Gasteiger partial charge in [-0.1, -0.05) is 12.1 Å². The maximum atomic E-state index is 12.7. The molecule has 0 spiro atoms. The molecule has 1 amide bonds. The molecule has 136 valence electrons. The maximum Gasteiger partial charge on any atom is 0.228 e. The van der Waals surface area contributed by atoms with Gasteiger partial charge in [-0.15, -0.1) is 0 Å². The molecule has 2 aliphatic rings. The van der Waals surface area contributed by atoms with E-state index in [2.05, 4.69) is 20.9 Å². The number of piperidine rings is 1. The number of carbonyl (C=O) groups excluding carboxylic acids is 1. The Bertz CT molecular complexity index is 725. The van der Waals surface area contributed by atoms with E-state index in [-0.39, 0.29) is 18.1 Å². The van der Waals surface area contributed by atoms with E-state index in [1.807, 2.05) is 35.4 Å². The Balaban J connectivity index is 1.42. The average Bonchev–Trinajstić information content (AvgIpc) is 2.69. The summed E-state index contributed by atoms with van der Waals surface area (Å²) in [5.41, 5.74) is 2.02. The van der Waals surface area contributed by atoms with Crippen LogP contribution < -0.4 is 0 Å². The van der Waals surface area contributed by atoms with Crippen molar-refractivity contribution in [2.24, 2.45) is 0 Å². The SMILES string of the molecule is O=C(Cc1ccccn1)N1CC[C@H]2OCCN(Cc3cccnc3)[C@@H]2C1. The minimum atomic E-state index is 0.147. The zero-order chi connectivity index (χ0) is 17.8. The number of hydrogen-bond acceptors (Lipinski definition) is 5. The summed E-state index contributed by atoms with van der Waals surface area (Å²) in [5.74, 6) is 0.147. The predicted molar refractivity (Wildman–Crippen MR) is 97.3 cm³/mol. The largest absolute Gasteiger partial charge is 0.375 e. The Labute approximate surface area is 153 Å². The van der Waals surface area contributed by atoms with Crippen LogP contribution in [0.4, 0.5) is 0 Å². The summed E-state index contributed by atoms with van der Waals surface area (Å²) >= 11 is 0. The second-order valence-corrected chi connectivity index (χ2v) is 6.93. The van der Waals surface area contributed by atoms with E-state index in [1.165, 1.54) is 5.56 Å². The van der Waals surface area contributed by atoms with Crippen molar-refractivity contribution < 1.29 is 9.53 Å². The van der Waals surface area contributed by atoms with Crippen LogP contribution in [0, 0.1) is 0 Å². The number of hydrogen-bond donors (Lipinski definition) is 0. The van der Waals surface area contributed by atoms with Crippen LogP contribution in [0.15, 0.2) is 48.9 Å². The van der Waals surface area contributed by atoms with Gasteiger partial charge in [-0.05, 0) is 30.2 Å². The molecule has 2 aromatic heterocycles. The summed E-state index contributed by atoms with van der Waals surface area (Å²) in [6, 6.07) is 10.0. The van der Waals surface area contributed by atoms with E-state index < -0.39 is 0 Å². The number of pyridine rings is 2. The monoisotopic (exact) mass is 352 g/mol. The first-order chi connectivity index (χ1) is 12.8. The fourth-order valence-electron chi connectivity index (χ4n) is 3.86. The van der Waals surface area contributed by atoms with Gasteiger partial charge in [0.15, 0.2) is 0 Å². The maximum absolute atomic E-state index is 12.7. The molecule has 0 aliphatic carbocycles. The molecule has 0 radical (unpaired) electrons. The average molecular weight is 352 g/mol. The third kappa shape index (κ3) is 3.92. The van der Waals surface area contributed by atoms with Crippen LogP contribution in [0.2, 0.25) is 0 Å². The molecule has 2 saturated heterocycles. The highest BCUT2D eigenvalue weighted by atomic mass is 16.5. The third-order valence-corrected chi connectivity index (χ3v) is 5.22. The van der Waals surface area contributed by atoms with E-state index in [9.17, 15) is 4.79 Å². The Hall–Kier alpha value is -2.31. The molecule has 4 rings (SSSR count). The van der Waals surface area contributed by atoms with Crippen molar-refractivity contribution in [3.63, 3.8) is 0 Å². The van der Waals surface area contributed by atoms with Crippen LogP contribution >= 0.6 is 0 Å². The van der Waals surface area contributed by atoms with E-state index in [0.717, 1.165) is 44.9 Å². The van der Waals surface area contributed by atoms with Crippen molar-refractivity contribution in [3.8, 4) is 0 Å². The van der Waals surface area contributed by atoms with E-state index in [0.29, 0.717) is 6.42 Å². The molecule has 0 N–H and O–H groups in total. The number of morpholine rings is 1. The molecule has 2 aromatic rings.